The average molecular weight is 549 g/mol. The van der Waals surface area contributed by atoms with Crippen LogP contribution in [0.3, 0.4) is 0 Å². The molecule has 0 radical (unpaired) electrons. The average Bonchev–Trinajstić information content (AvgIpc) is 3.43. The molecule has 1 N–H and O–H groups in total. The smallest absolute Gasteiger partial charge is 0.350 e. The van der Waals surface area contributed by atoms with Gasteiger partial charge >= 0.3 is 11.9 Å². The van der Waals surface area contributed by atoms with Crippen molar-refractivity contribution >= 4 is 39.9 Å². The minimum atomic E-state index is -1.13. The summed E-state index contributed by atoms with van der Waals surface area (Å²) in [6, 6.07) is 8.92. The summed E-state index contributed by atoms with van der Waals surface area (Å²) in [6.45, 7) is 10.8. The Kier molecular flexibility index (Phi) is 8.06. The molecule has 1 aliphatic rings. The largest absolute Gasteiger partial charge is 0.507 e. The molecule has 39 heavy (non-hydrogen) atoms. The molecule has 8 nitrogen and oxygen atoms in total. The van der Waals surface area contributed by atoms with Crippen LogP contribution in [0.4, 0.5) is 9.52 Å². The molecular formula is C29H25FN2O6S. The lowest BCUT2D eigenvalue weighted by Gasteiger charge is -2.23. The molecule has 3 aromatic rings. The summed E-state index contributed by atoms with van der Waals surface area (Å²) in [5, 5.41) is 11.4. The van der Waals surface area contributed by atoms with E-state index >= 15 is 0 Å². The first kappa shape index (κ1) is 27.5. The zero-order valence-electron chi connectivity index (χ0n) is 21.3. The third-order valence-corrected chi connectivity index (χ3v) is 7.08. The van der Waals surface area contributed by atoms with Gasteiger partial charge < -0.3 is 14.6 Å². The van der Waals surface area contributed by atoms with Gasteiger partial charge in [0.1, 0.15) is 35.4 Å². The molecule has 200 valence electrons. The molecule has 1 aliphatic heterocycles. The maximum Gasteiger partial charge on any atom is 0.350 e. The van der Waals surface area contributed by atoms with E-state index in [1.54, 1.807) is 38.1 Å². The number of benzene rings is 2. The van der Waals surface area contributed by atoms with Crippen LogP contribution in [0, 0.1) is 19.7 Å². The number of halogens is 1. The molecular weight excluding hydrogens is 523 g/mol. The number of ketones is 1. The topological polar surface area (TPSA) is 106 Å². The lowest BCUT2D eigenvalue weighted by Crippen LogP contribution is -2.29. The Labute approximate surface area is 228 Å². The van der Waals surface area contributed by atoms with Crippen LogP contribution in [0.1, 0.15) is 38.1 Å². The number of Topliss-reactive ketones (excluding diaryl/α,β-unsaturated/α-hetero) is 1. The number of nitrogens with zero attached hydrogens (tertiary/aromatic N) is 2. The summed E-state index contributed by atoms with van der Waals surface area (Å²) in [4.78, 5) is 44.9. The number of amides is 1. The van der Waals surface area contributed by atoms with Crippen molar-refractivity contribution in [2.75, 3.05) is 18.1 Å². The summed E-state index contributed by atoms with van der Waals surface area (Å²) in [5.41, 5.74) is 1.44. The number of aliphatic hydroxyl groups excluding tert-OH is 1. The fraction of sp³-hybridized carbons (Fsp3) is 0.172. The van der Waals surface area contributed by atoms with Gasteiger partial charge in [0.25, 0.3) is 5.78 Å². The number of anilines is 1. The quantitative estimate of drug-likeness (QED) is 0.125. The highest BCUT2D eigenvalue weighted by molar-refractivity contribution is 7.17. The molecule has 1 amide bonds. The number of thiazole rings is 1. The fourth-order valence-electron chi connectivity index (χ4n) is 4.13. The van der Waals surface area contributed by atoms with Gasteiger partial charge in [0.2, 0.25) is 0 Å². The maximum atomic E-state index is 13.8. The summed E-state index contributed by atoms with van der Waals surface area (Å²) in [6.07, 6.45) is 3.02. The van der Waals surface area contributed by atoms with Crippen LogP contribution in [0.5, 0.6) is 5.75 Å². The number of hydrogen-bond acceptors (Lipinski definition) is 8. The van der Waals surface area contributed by atoms with Crippen molar-refractivity contribution in [1.29, 1.82) is 0 Å². The number of carbonyl (C=O) groups is 3. The van der Waals surface area contributed by atoms with Crippen molar-refractivity contribution in [3.05, 3.63) is 106 Å². The van der Waals surface area contributed by atoms with Crippen molar-refractivity contribution in [2.45, 2.75) is 19.9 Å². The number of rotatable bonds is 9. The number of hydrogen-bond donors (Lipinski definition) is 1. The molecule has 1 aromatic heterocycles. The van der Waals surface area contributed by atoms with E-state index in [1.807, 2.05) is 0 Å². The zero-order chi connectivity index (χ0) is 28.3. The standard InChI is InChI=1S/C29H25FN2O6S/c1-5-13-37-21-12-9-19(15-16(21)3)24(33)22-23(18-7-10-20(30)11-8-18)32(27(35)25(22)34)29-31-17(4)26(39-29)28(36)38-14-6-2/h5-12,15,23,33H,1-2,13-14H2,3-4H3/t23-/m0/s1. The SMILES string of the molecule is C=CCOC(=O)c1sc(N2C(=O)C(=O)C(=C(O)c3ccc(OCC=C)c(C)c3)[C@@H]2c2ccc(F)cc2)nc1C. The van der Waals surface area contributed by atoms with Crippen LogP contribution >= 0.6 is 11.3 Å². The first-order valence-corrected chi connectivity index (χ1v) is 12.7. The van der Waals surface area contributed by atoms with Gasteiger partial charge in [-0.05, 0) is 55.3 Å². The van der Waals surface area contributed by atoms with E-state index in [4.69, 9.17) is 9.47 Å². The van der Waals surface area contributed by atoms with Crippen LogP contribution in [-0.4, -0.2) is 41.0 Å². The number of aryl methyl sites for hydroxylation is 2. The van der Waals surface area contributed by atoms with Crippen molar-refractivity contribution < 1.29 is 33.4 Å². The number of aromatic nitrogens is 1. The molecule has 0 saturated carbocycles. The number of aliphatic hydroxyl groups is 1. The summed E-state index contributed by atoms with van der Waals surface area (Å²) in [7, 11) is 0. The molecule has 1 fully saturated rings. The van der Waals surface area contributed by atoms with E-state index in [1.165, 1.54) is 30.3 Å². The Bertz CT molecular complexity index is 1510. The van der Waals surface area contributed by atoms with Gasteiger partial charge in [-0.3, -0.25) is 14.5 Å². The predicted octanol–water partition coefficient (Wildman–Crippen LogP) is 5.43. The van der Waals surface area contributed by atoms with Gasteiger partial charge in [-0.25, -0.2) is 14.2 Å². The maximum absolute atomic E-state index is 13.8. The summed E-state index contributed by atoms with van der Waals surface area (Å²) in [5.74, 6) is -2.92. The van der Waals surface area contributed by atoms with Crippen molar-refractivity contribution in [2.24, 2.45) is 0 Å². The zero-order valence-corrected chi connectivity index (χ0v) is 22.1. The second-order valence-electron chi connectivity index (χ2n) is 8.60. The van der Waals surface area contributed by atoms with Gasteiger partial charge in [-0.1, -0.05) is 48.8 Å². The highest BCUT2D eigenvalue weighted by Crippen LogP contribution is 2.44. The molecule has 0 unspecified atom stereocenters. The van der Waals surface area contributed by atoms with E-state index < -0.39 is 35.3 Å². The molecule has 2 aromatic carbocycles. The monoisotopic (exact) mass is 548 g/mol. The van der Waals surface area contributed by atoms with Crippen LogP contribution < -0.4 is 9.64 Å². The molecule has 1 saturated heterocycles. The molecule has 4 rings (SSSR count). The van der Waals surface area contributed by atoms with Gasteiger partial charge in [0, 0.05) is 5.56 Å². The molecule has 1 atom stereocenters. The third kappa shape index (κ3) is 5.37. The van der Waals surface area contributed by atoms with Crippen molar-refractivity contribution in [3.63, 3.8) is 0 Å². The highest BCUT2D eigenvalue weighted by atomic mass is 32.1. The van der Waals surface area contributed by atoms with Gasteiger partial charge in [-0.2, -0.15) is 0 Å². The number of carbonyl (C=O) groups excluding carboxylic acids is 3. The van der Waals surface area contributed by atoms with E-state index in [0.29, 0.717) is 22.6 Å². The van der Waals surface area contributed by atoms with E-state index in [2.05, 4.69) is 18.1 Å². The van der Waals surface area contributed by atoms with Gasteiger partial charge in [0.15, 0.2) is 5.13 Å². The Morgan fingerprint density at radius 2 is 1.82 bits per heavy atom. The van der Waals surface area contributed by atoms with Crippen molar-refractivity contribution in [3.8, 4) is 5.75 Å². The Morgan fingerprint density at radius 1 is 1.13 bits per heavy atom. The fourth-order valence-corrected chi connectivity index (χ4v) is 5.12. The molecule has 0 spiro atoms. The minimum absolute atomic E-state index is 0.0115. The second kappa shape index (κ2) is 11.4. The van der Waals surface area contributed by atoms with Gasteiger partial charge in [0.05, 0.1) is 17.3 Å². The highest BCUT2D eigenvalue weighted by Gasteiger charge is 2.48. The van der Waals surface area contributed by atoms with Crippen LogP contribution in [0.2, 0.25) is 0 Å². The lowest BCUT2D eigenvalue weighted by molar-refractivity contribution is -0.132. The Hall–Kier alpha value is -4.57. The molecule has 2 heterocycles. The summed E-state index contributed by atoms with van der Waals surface area (Å²) < 4.78 is 24.5. The van der Waals surface area contributed by atoms with Crippen molar-refractivity contribution in [1.82, 2.24) is 4.98 Å². The first-order chi connectivity index (χ1) is 18.7. The first-order valence-electron chi connectivity index (χ1n) is 11.8. The molecule has 10 heteroatoms. The van der Waals surface area contributed by atoms with Crippen LogP contribution in [0.25, 0.3) is 5.76 Å². The normalized spacial score (nSPS) is 16.3. The predicted molar refractivity (Wildman–Crippen MR) is 145 cm³/mol. The van der Waals surface area contributed by atoms with Crippen LogP contribution in [0.15, 0.2) is 73.3 Å². The molecule has 0 bridgehead atoms. The van der Waals surface area contributed by atoms with Crippen LogP contribution in [-0.2, 0) is 14.3 Å². The number of ether oxygens (including phenoxy) is 2. The lowest BCUT2D eigenvalue weighted by atomic mass is 9.95. The van der Waals surface area contributed by atoms with E-state index in [-0.39, 0.29) is 34.4 Å². The summed E-state index contributed by atoms with van der Waals surface area (Å²) >= 11 is 0.874. The Morgan fingerprint density at radius 3 is 2.46 bits per heavy atom. The third-order valence-electron chi connectivity index (χ3n) is 5.94. The number of esters is 1. The second-order valence-corrected chi connectivity index (χ2v) is 9.58. The minimum Gasteiger partial charge on any atom is -0.507 e. The van der Waals surface area contributed by atoms with E-state index in [0.717, 1.165) is 16.2 Å². The van der Waals surface area contributed by atoms with E-state index in [9.17, 15) is 23.9 Å². The molecule has 0 aliphatic carbocycles. The Balaban J connectivity index is 1.85. The van der Waals surface area contributed by atoms with Gasteiger partial charge in [-0.15, -0.1) is 0 Å².